The molecule has 20 heavy (non-hydrogen) atoms. The van der Waals surface area contributed by atoms with Gasteiger partial charge < -0.3 is 4.57 Å². The SMILES string of the molecule is C=CCn1c2ccc(Cl)cc2c2cc(Cl)ccc21.CC. The fraction of sp³-hybridized carbons (Fsp3) is 0.176. The van der Waals surface area contributed by atoms with Crippen molar-refractivity contribution in [2.75, 3.05) is 0 Å². The van der Waals surface area contributed by atoms with Crippen molar-refractivity contribution in [1.29, 1.82) is 0 Å². The summed E-state index contributed by atoms with van der Waals surface area (Å²) in [5, 5.41) is 3.73. The van der Waals surface area contributed by atoms with E-state index in [2.05, 4.69) is 11.1 Å². The highest BCUT2D eigenvalue weighted by atomic mass is 35.5. The van der Waals surface area contributed by atoms with Crippen LogP contribution in [-0.2, 0) is 6.54 Å². The Hall–Kier alpha value is -1.44. The second-order valence-electron chi connectivity index (χ2n) is 4.22. The van der Waals surface area contributed by atoms with E-state index in [0.29, 0.717) is 0 Å². The molecule has 1 heterocycles. The third-order valence-electron chi connectivity index (χ3n) is 3.10. The van der Waals surface area contributed by atoms with Gasteiger partial charge in [-0.2, -0.15) is 0 Å². The van der Waals surface area contributed by atoms with Crippen molar-refractivity contribution < 1.29 is 0 Å². The molecule has 0 unspecified atom stereocenters. The predicted octanol–water partition coefficient (Wildman–Crippen LogP) is 6.31. The molecule has 0 spiro atoms. The Labute approximate surface area is 129 Å². The molecule has 0 saturated carbocycles. The first-order valence-electron chi connectivity index (χ1n) is 6.68. The van der Waals surface area contributed by atoms with E-state index in [1.807, 2.05) is 56.3 Å². The van der Waals surface area contributed by atoms with E-state index in [9.17, 15) is 0 Å². The Morgan fingerprint density at radius 3 is 1.80 bits per heavy atom. The van der Waals surface area contributed by atoms with Crippen LogP contribution in [0.4, 0.5) is 0 Å². The zero-order valence-corrected chi connectivity index (χ0v) is 13.2. The van der Waals surface area contributed by atoms with Gasteiger partial charge in [0, 0.05) is 38.4 Å². The Kier molecular flexibility index (Phi) is 4.74. The lowest BCUT2D eigenvalue weighted by Gasteiger charge is -2.03. The van der Waals surface area contributed by atoms with Crippen LogP contribution in [0, 0.1) is 0 Å². The summed E-state index contributed by atoms with van der Waals surface area (Å²) < 4.78 is 2.21. The lowest BCUT2D eigenvalue weighted by atomic mass is 10.1. The highest BCUT2D eigenvalue weighted by molar-refractivity contribution is 6.33. The second kappa shape index (κ2) is 6.34. The van der Waals surface area contributed by atoms with Gasteiger partial charge in [-0.3, -0.25) is 0 Å². The van der Waals surface area contributed by atoms with Crippen molar-refractivity contribution in [2.45, 2.75) is 20.4 Å². The number of fused-ring (bicyclic) bond motifs is 3. The molecule has 2 aromatic carbocycles. The van der Waals surface area contributed by atoms with Crippen molar-refractivity contribution in [1.82, 2.24) is 4.57 Å². The zero-order valence-electron chi connectivity index (χ0n) is 11.7. The highest BCUT2D eigenvalue weighted by Gasteiger charge is 2.10. The van der Waals surface area contributed by atoms with Crippen molar-refractivity contribution >= 4 is 45.0 Å². The maximum absolute atomic E-state index is 6.08. The molecular weight excluding hydrogens is 289 g/mol. The lowest BCUT2D eigenvalue weighted by Crippen LogP contribution is -1.93. The van der Waals surface area contributed by atoms with Crippen LogP contribution in [0.1, 0.15) is 13.8 Å². The average molecular weight is 306 g/mol. The molecule has 0 bridgehead atoms. The number of hydrogen-bond acceptors (Lipinski definition) is 0. The molecule has 3 aromatic rings. The van der Waals surface area contributed by atoms with E-state index < -0.39 is 0 Å². The molecule has 0 radical (unpaired) electrons. The van der Waals surface area contributed by atoms with E-state index in [-0.39, 0.29) is 0 Å². The molecule has 3 heteroatoms. The molecule has 0 aliphatic heterocycles. The van der Waals surface area contributed by atoms with Gasteiger partial charge in [-0.15, -0.1) is 6.58 Å². The standard InChI is InChI=1S/C15H11Cl2N.C2H6/c1-2-7-18-14-5-3-10(16)8-12(14)13-9-11(17)4-6-15(13)18;1-2/h2-6,8-9H,1,7H2;1-2H3. The monoisotopic (exact) mass is 305 g/mol. The fourth-order valence-electron chi connectivity index (χ4n) is 2.37. The highest BCUT2D eigenvalue weighted by Crippen LogP contribution is 2.32. The summed E-state index contributed by atoms with van der Waals surface area (Å²) in [4.78, 5) is 0. The lowest BCUT2D eigenvalue weighted by molar-refractivity contribution is 0.901. The van der Waals surface area contributed by atoms with Crippen LogP contribution < -0.4 is 0 Å². The molecule has 0 saturated heterocycles. The van der Waals surface area contributed by atoms with Gasteiger partial charge in [-0.05, 0) is 36.4 Å². The Morgan fingerprint density at radius 1 is 0.950 bits per heavy atom. The third-order valence-corrected chi connectivity index (χ3v) is 3.57. The Bertz CT molecular complexity index is 697. The molecule has 1 aromatic heterocycles. The first kappa shape index (κ1) is 15.0. The minimum absolute atomic E-state index is 0.736. The van der Waals surface area contributed by atoms with E-state index >= 15 is 0 Å². The molecule has 3 rings (SSSR count). The number of benzene rings is 2. The molecule has 0 amide bonds. The van der Waals surface area contributed by atoms with E-state index in [0.717, 1.165) is 38.4 Å². The topological polar surface area (TPSA) is 4.93 Å². The van der Waals surface area contributed by atoms with Crippen LogP contribution in [0.3, 0.4) is 0 Å². The summed E-state index contributed by atoms with van der Waals surface area (Å²) in [6.45, 7) is 8.58. The maximum Gasteiger partial charge on any atom is 0.0495 e. The van der Waals surface area contributed by atoms with E-state index in [4.69, 9.17) is 23.2 Å². The summed E-state index contributed by atoms with van der Waals surface area (Å²) in [7, 11) is 0. The molecule has 104 valence electrons. The molecule has 1 nitrogen and oxygen atoms in total. The normalized spacial score (nSPS) is 10.4. The van der Waals surface area contributed by atoms with E-state index in [1.165, 1.54) is 0 Å². The zero-order chi connectivity index (χ0) is 14.7. The largest absolute Gasteiger partial charge is 0.337 e. The summed E-state index contributed by atoms with van der Waals surface area (Å²) in [5.41, 5.74) is 2.30. The van der Waals surface area contributed by atoms with Gasteiger partial charge in [0.05, 0.1) is 0 Å². The fourth-order valence-corrected chi connectivity index (χ4v) is 2.72. The van der Waals surface area contributed by atoms with Gasteiger partial charge in [0.15, 0.2) is 0 Å². The van der Waals surface area contributed by atoms with E-state index in [1.54, 1.807) is 0 Å². The van der Waals surface area contributed by atoms with Crippen molar-refractivity contribution in [3.63, 3.8) is 0 Å². The first-order valence-corrected chi connectivity index (χ1v) is 7.44. The van der Waals surface area contributed by atoms with Gasteiger partial charge in [-0.1, -0.05) is 43.1 Å². The van der Waals surface area contributed by atoms with Gasteiger partial charge in [0.25, 0.3) is 0 Å². The van der Waals surface area contributed by atoms with Crippen LogP contribution >= 0.6 is 23.2 Å². The quantitative estimate of drug-likeness (QED) is 0.489. The number of nitrogens with zero attached hydrogens (tertiary/aromatic N) is 1. The van der Waals surface area contributed by atoms with Gasteiger partial charge in [0.1, 0.15) is 0 Å². The summed E-state index contributed by atoms with van der Waals surface area (Å²) in [6.07, 6.45) is 1.89. The van der Waals surface area contributed by atoms with Crippen LogP contribution in [0.5, 0.6) is 0 Å². The Morgan fingerprint density at radius 2 is 1.40 bits per heavy atom. The van der Waals surface area contributed by atoms with Crippen molar-refractivity contribution in [2.24, 2.45) is 0 Å². The van der Waals surface area contributed by atoms with Crippen LogP contribution in [0.25, 0.3) is 21.8 Å². The van der Waals surface area contributed by atoms with Gasteiger partial charge in [-0.25, -0.2) is 0 Å². The summed E-state index contributed by atoms with van der Waals surface area (Å²) in [5.74, 6) is 0. The summed E-state index contributed by atoms with van der Waals surface area (Å²) >= 11 is 12.2. The maximum atomic E-state index is 6.08. The number of hydrogen-bond donors (Lipinski definition) is 0. The minimum atomic E-state index is 0.736. The van der Waals surface area contributed by atoms with Crippen molar-refractivity contribution in [3.05, 3.63) is 59.1 Å². The Balaban J connectivity index is 0.000000704. The predicted molar refractivity (Wildman–Crippen MR) is 91.0 cm³/mol. The van der Waals surface area contributed by atoms with Crippen LogP contribution in [-0.4, -0.2) is 4.57 Å². The van der Waals surface area contributed by atoms with Gasteiger partial charge >= 0.3 is 0 Å². The van der Waals surface area contributed by atoms with Crippen LogP contribution in [0.15, 0.2) is 49.1 Å². The second-order valence-corrected chi connectivity index (χ2v) is 5.10. The number of aromatic nitrogens is 1. The van der Waals surface area contributed by atoms with Crippen LogP contribution in [0.2, 0.25) is 10.0 Å². The smallest absolute Gasteiger partial charge is 0.0495 e. The summed E-state index contributed by atoms with van der Waals surface area (Å²) in [6, 6.07) is 11.8. The molecule has 0 aliphatic rings. The number of halogens is 2. The molecule has 0 fully saturated rings. The molecule has 0 aliphatic carbocycles. The van der Waals surface area contributed by atoms with Crippen molar-refractivity contribution in [3.8, 4) is 0 Å². The number of rotatable bonds is 2. The average Bonchev–Trinajstić information content (AvgIpc) is 2.75. The first-order chi connectivity index (χ1) is 9.70. The molecular formula is C17H17Cl2N. The number of allylic oxidation sites excluding steroid dienone is 1. The molecule has 0 atom stereocenters. The third kappa shape index (κ3) is 2.56. The van der Waals surface area contributed by atoms with Gasteiger partial charge in [0.2, 0.25) is 0 Å². The minimum Gasteiger partial charge on any atom is -0.337 e. The molecule has 0 N–H and O–H groups in total.